The Morgan fingerprint density at radius 3 is 2.52 bits per heavy atom. The number of nitriles is 1. The van der Waals surface area contributed by atoms with Crippen molar-refractivity contribution in [2.75, 3.05) is 7.05 Å². The number of aromatic nitrogens is 1. The molecule has 2 amide bonds. The lowest BCUT2D eigenvalue weighted by molar-refractivity contribution is -0.128. The number of carbonyl (C=O) groups excluding carboxylic acids is 2. The Morgan fingerprint density at radius 2 is 1.93 bits per heavy atom. The van der Waals surface area contributed by atoms with Crippen molar-refractivity contribution in [3.63, 3.8) is 0 Å². The second kappa shape index (κ2) is 9.10. The van der Waals surface area contributed by atoms with Crippen molar-refractivity contribution in [3.8, 4) is 6.07 Å². The van der Waals surface area contributed by atoms with Crippen molar-refractivity contribution in [2.24, 2.45) is 0 Å². The van der Waals surface area contributed by atoms with Crippen molar-refractivity contribution in [1.82, 2.24) is 15.6 Å². The highest BCUT2D eigenvalue weighted by molar-refractivity contribution is 5.88. The first-order chi connectivity index (χ1) is 13.7. The highest BCUT2D eigenvalue weighted by Gasteiger charge is 2.23. The highest BCUT2D eigenvalue weighted by atomic mass is 19.2. The number of carbonyl (C=O) groups is 2. The number of nitrogens with one attached hydrogen (secondary N) is 3. The van der Waals surface area contributed by atoms with Gasteiger partial charge in [0.15, 0.2) is 11.6 Å². The van der Waals surface area contributed by atoms with Crippen LogP contribution in [-0.2, 0) is 16.0 Å². The molecule has 0 bridgehead atoms. The fourth-order valence-electron chi connectivity index (χ4n) is 3.03. The average molecular weight is 402 g/mol. The summed E-state index contributed by atoms with van der Waals surface area (Å²) >= 11 is 0. The molecule has 1 heterocycles. The fraction of sp³-hybridized carbons (Fsp3) is 0.300. The monoisotopic (exact) mass is 402 g/mol. The van der Waals surface area contributed by atoms with Crippen LogP contribution in [-0.4, -0.2) is 23.8 Å². The Kier molecular flexibility index (Phi) is 6.83. The van der Waals surface area contributed by atoms with Crippen LogP contribution >= 0.6 is 0 Å². The smallest absolute Gasteiger partial charge is 0.266 e. The molecule has 3 N–H and O–H groups in total. The molecule has 0 aliphatic heterocycles. The molecular formula is C20H20F2N4O3. The van der Waals surface area contributed by atoms with Crippen LogP contribution in [0.25, 0.3) is 0 Å². The van der Waals surface area contributed by atoms with Gasteiger partial charge in [0.2, 0.25) is 11.8 Å². The first kappa shape index (κ1) is 21.8. The molecule has 0 fully saturated rings. The zero-order valence-corrected chi connectivity index (χ0v) is 16.2. The second-order valence-electron chi connectivity index (χ2n) is 6.46. The Labute approximate surface area is 165 Å². The number of aromatic amines is 1. The van der Waals surface area contributed by atoms with Crippen LogP contribution < -0.4 is 16.2 Å². The van der Waals surface area contributed by atoms with Crippen LogP contribution in [0.1, 0.15) is 40.4 Å². The van der Waals surface area contributed by atoms with E-state index in [4.69, 9.17) is 5.26 Å². The van der Waals surface area contributed by atoms with Crippen molar-refractivity contribution in [1.29, 1.82) is 5.26 Å². The largest absolute Gasteiger partial charge is 0.357 e. The number of nitrogens with zero attached hydrogens (tertiary/aromatic N) is 1. The predicted octanol–water partition coefficient (Wildman–Crippen LogP) is 1.68. The normalized spacial score (nSPS) is 11.4. The summed E-state index contributed by atoms with van der Waals surface area (Å²) < 4.78 is 26.7. The molecule has 0 aliphatic rings. The van der Waals surface area contributed by atoms with E-state index in [0.717, 1.165) is 12.1 Å². The quantitative estimate of drug-likeness (QED) is 0.682. The van der Waals surface area contributed by atoms with E-state index in [1.165, 1.54) is 13.1 Å². The molecule has 0 spiro atoms. The minimum absolute atomic E-state index is 0.0176. The summed E-state index contributed by atoms with van der Waals surface area (Å²) in [5.41, 5.74) is 1.28. The van der Waals surface area contributed by atoms with E-state index in [9.17, 15) is 23.2 Å². The number of rotatable bonds is 6. The SMILES string of the molecule is CNC(=O)C(NC(=O)CCc1c(C)[nH]c(=O)c(C#N)c1C)c1ccc(F)c(F)c1. The predicted molar refractivity (Wildman–Crippen MR) is 101 cm³/mol. The summed E-state index contributed by atoms with van der Waals surface area (Å²) in [5.74, 6) is -3.29. The van der Waals surface area contributed by atoms with Gasteiger partial charge in [-0.1, -0.05) is 6.07 Å². The number of hydrogen-bond donors (Lipinski definition) is 3. The van der Waals surface area contributed by atoms with Crippen molar-refractivity contribution < 1.29 is 18.4 Å². The van der Waals surface area contributed by atoms with Gasteiger partial charge in [-0.25, -0.2) is 8.78 Å². The molecule has 1 aromatic heterocycles. The zero-order chi connectivity index (χ0) is 21.7. The highest BCUT2D eigenvalue weighted by Crippen LogP contribution is 2.18. The van der Waals surface area contributed by atoms with Gasteiger partial charge in [0, 0.05) is 19.2 Å². The summed E-state index contributed by atoms with van der Waals surface area (Å²) in [6, 6.07) is 3.59. The molecule has 0 saturated heterocycles. The molecule has 0 saturated carbocycles. The van der Waals surface area contributed by atoms with Gasteiger partial charge in [-0.05, 0) is 49.1 Å². The number of halogens is 2. The molecule has 1 unspecified atom stereocenters. The van der Waals surface area contributed by atoms with Crippen LogP contribution in [0, 0.1) is 36.8 Å². The first-order valence-corrected chi connectivity index (χ1v) is 8.78. The van der Waals surface area contributed by atoms with Crippen molar-refractivity contribution in [3.05, 3.63) is 68.1 Å². The topological polar surface area (TPSA) is 115 Å². The molecule has 7 nitrogen and oxygen atoms in total. The summed E-state index contributed by atoms with van der Waals surface area (Å²) in [6.45, 7) is 3.29. The Morgan fingerprint density at radius 1 is 1.24 bits per heavy atom. The Hall–Kier alpha value is -3.54. The van der Waals surface area contributed by atoms with Gasteiger partial charge in [-0.3, -0.25) is 14.4 Å². The van der Waals surface area contributed by atoms with Gasteiger partial charge in [-0.2, -0.15) is 5.26 Å². The van der Waals surface area contributed by atoms with Crippen LogP contribution in [0.4, 0.5) is 8.78 Å². The zero-order valence-electron chi connectivity index (χ0n) is 16.2. The fourth-order valence-corrected chi connectivity index (χ4v) is 3.03. The molecule has 152 valence electrons. The maximum absolute atomic E-state index is 13.5. The third-order valence-corrected chi connectivity index (χ3v) is 4.61. The van der Waals surface area contributed by atoms with Crippen molar-refractivity contribution in [2.45, 2.75) is 32.7 Å². The van der Waals surface area contributed by atoms with E-state index < -0.39 is 35.0 Å². The van der Waals surface area contributed by atoms with Gasteiger partial charge < -0.3 is 15.6 Å². The number of benzene rings is 1. The van der Waals surface area contributed by atoms with Gasteiger partial charge in [0.05, 0.1) is 0 Å². The second-order valence-corrected chi connectivity index (χ2v) is 6.46. The molecule has 1 aromatic carbocycles. The van der Waals surface area contributed by atoms with E-state index >= 15 is 0 Å². The minimum Gasteiger partial charge on any atom is -0.357 e. The van der Waals surface area contributed by atoms with Gasteiger partial charge in [0.1, 0.15) is 17.7 Å². The molecule has 29 heavy (non-hydrogen) atoms. The van der Waals surface area contributed by atoms with Crippen LogP contribution in [0.3, 0.4) is 0 Å². The standard InChI is InChI=1S/C20H20F2N4O3/c1-10-13(11(2)25-19(28)14(10)9-23)5-7-17(27)26-18(20(29)24-3)12-4-6-15(21)16(22)8-12/h4,6,8,18H,5,7H2,1-3H3,(H,24,29)(H,25,28)(H,26,27). The lowest BCUT2D eigenvalue weighted by atomic mass is 9.98. The van der Waals surface area contributed by atoms with E-state index in [0.29, 0.717) is 16.8 Å². The van der Waals surface area contributed by atoms with E-state index in [1.54, 1.807) is 13.8 Å². The van der Waals surface area contributed by atoms with E-state index in [2.05, 4.69) is 15.6 Å². The number of hydrogen-bond acceptors (Lipinski definition) is 4. The summed E-state index contributed by atoms with van der Waals surface area (Å²) in [4.78, 5) is 38.9. The number of amides is 2. The first-order valence-electron chi connectivity index (χ1n) is 8.78. The molecule has 9 heteroatoms. The minimum atomic E-state index is -1.20. The third-order valence-electron chi connectivity index (χ3n) is 4.61. The summed E-state index contributed by atoms with van der Waals surface area (Å²) in [5, 5.41) is 14.0. The Bertz CT molecular complexity index is 1060. The number of aryl methyl sites for hydroxylation is 1. The molecule has 0 radical (unpaired) electrons. The molecular weight excluding hydrogens is 382 g/mol. The summed E-state index contributed by atoms with van der Waals surface area (Å²) in [6.07, 6.45) is 0.170. The van der Waals surface area contributed by atoms with E-state index in [1.807, 2.05) is 6.07 Å². The number of pyridine rings is 1. The maximum Gasteiger partial charge on any atom is 0.266 e. The third kappa shape index (κ3) is 4.85. The maximum atomic E-state index is 13.5. The molecule has 2 aromatic rings. The van der Waals surface area contributed by atoms with Crippen LogP contribution in [0.2, 0.25) is 0 Å². The van der Waals surface area contributed by atoms with Crippen LogP contribution in [0.15, 0.2) is 23.0 Å². The van der Waals surface area contributed by atoms with E-state index in [-0.39, 0.29) is 24.0 Å². The molecule has 1 atom stereocenters. The molecule has 2 rings (SSSR count). The Balaban J connectivity index is 2.20. The summed E-state index contributed by atoms with van der Waals surface area (Å²) in [7, 11) is 1.36. The average Bonchev–Trinajstić information content (AvgIpc) is 2.67. The lowest BCUT2D eigenvalue weighted by Crippen LogP contribution is -2.39. The van der Waals surface area contributed by atoms with Crippen LogP contribution in [0.5, 0.6) is 0 Å². The lowest BCUT2D eigenvalue weighted by Gasteiger charge is -2.18. The van der Waals surface area contributed by atoms with Gasteiger partial charge >= 0.3 is 0 Å². The number of H-pyrrole nitrogens is 1. The van der Waals surface area contributed by atoms with Crippen molar-refractivity contribution >= 4 is 11.8 Å². The molecule has 0 aliphatic carbocycles. The van der Waals surface area contributed by atoms with Gasteiger partial charge in [-0.15, -0.1) is 0 Å². The number of likely N-dealkylation sites (N-methyl/N-ethyl adjacent to an activating group) is 1. The van der Waals surface area contributed by atoms with Gasteiger partial charge in [0.25, 0.3) is 5.56 Å².